The zero-order valence-electron chi connectivity index (χ0n) is 16.8. The average molecular weight is 434 g/mol. The predicted octanol–water partition coefficient (Wildman–Crippen LogP) is 2.46. The van der Waals surface area contributed by atoms with E-state index in [1.807, 2.05) is 4.90 Å². The molecule has 1 aromatic heterocycles. The molecule has 2 fully saturated rings. The van der Waals surface area contributed by atoms with E-state index in [4.69, 9.17) is 17.3 Å². The molecule has 1 amide bonds. The van der Waals surface area contributed by atoms with Crippen LogP contribution >= 0.6 is 11.6 Å². The Kier molecular flexibility index (Phi) is 4.49. The molecule has 1 spiro atoms. The maximum Gasteiger partial charge on any atom is 0.252 e. The highest BCUT2D eigenvalue weighted by molar-refractivity contribution is 6.31. The quantitative estimate of drug-likeness (QED) is 0.629. The minimum atomic E-state index is -0.820. The Morgan fingerprint density at radius 1 is 1.37 bits per heavy atom. The van der Waals surface area contributed by atoms with Gasteiger partial charge >= 0.3 is 0 Å². The van der Waals surface area contributed by atoms with Crippen LogP contribution in [0.4, 0.5) is 4.39 Å². The molecule has 160 valence electrons. The molecule has 2 saturated carbocycles. The number of nitrogens with zero attached hydrogens (tertiary/aromatic N) is 3. The summed E-state index contributed by atoms with van der Waals surface area (Å²) in [6.07, 6.45) is 3.94. The van der Waals surface area contributed by atoms with Crippen molar-refractivity contribution in [3.8, 4) is 11.3 Å². The largest absolute Gasteiger partial charge is 0.365 e. The molecule has 1 aliphatic heterocycles. The Bertz CT molecular complexity index is 1030. The number of carbonyl (C=O) groups is 1. The SMILES string of the molecule is CC1(NC(O)N2CCn3nc(-c4ccc(F)c(Cl)c4)c(C(N)=O)c3C2)CC2(CC2)C1. The van der Waals surface area contributed by atoms with Gasteiger partial charge in [-0.05, 0) is 56.2 Å². The molecule has 1 atom stereocenters. The zero-order valence-corrected chi connectivity index (χ0v) is 17.5. The van der Waals surface area contributed by atoms with Gasteiger partial charge in [0, 0.05) is 24.2 Å². The summed E-state index contributed by atoms with van der Waals surface area (Å²) in [5.41, 5.74) is 7.97. The van der Waals surface area contributed by atoms with Gasteiger partial charge in [-0.2, -0.15) is 5.10 Å². The highest BCUT2D eigenvalue weighted by Gasteiger charge is 2.59. The number of hydrogen-bond donors (Lipinski definition) is 3. The molecular weight excluding hydrogens is 409 g/mol. The summed E-state index contributed by atoms with van der Waals surface area (Å²) < 4.78 is 15.3. The van der Waals surface area contributed by atoms with Crippen molar-refractivity contribution in [2.24, 2.45) is 11.1 Å². The van der Waals surface area contributed by atoms with Crippen molar-refractivity contribution in [1.29, 1.82) is 0 Å². The molecule has 30 heavy (non-hydrogen) atoms. The van der Waals surface area contributed by atoms with Gasteiger partial charge in [-0.15, -0.1) is 0 Å². The Labute approximate surface area is 179 Å². The van der Waals surface area contributed by atoms with Crippen LogP contribution in [0.3, 0.4) is 0 Å². The number of nitrogens with two attached hydrogens (primary N) is 1. The molecule has 2 heterocycles. The van der Waals surface area contributed by atoms with Gasteiger partial charge in [0.1, 0.15) is 11.5 Å². The lowest BCUT2D eigenvalue weighted by Crippen LogP contribution is -2.62. The van der Waals surface area contributed by atoms with E-state index in [2.05, 4.69) is 17.3 Å². The first kappa shape index (κ1) is 19.9. The third-order valence-electron chi connectivity index (χ3n) is 6.76. The minimum absolute atomic E-state index is 0.0442. The van der Waals surface area contributed by atoms with E-state index in [1.165, 1.54) is 31.0 Å². The number of primary amides is 1. The standard InChI is InChI=1S/C21H25ClFN5O2/c1-20(10-21(11-20)4-5-21)25-19(30)27-6-7-28-15(9-27)16(18(24)29)17(26-28)12-2-3-14(23)13(22)8-12/h2-3,8,19,25,30H,4-7,9-11H2,1H3,(H2,24,29). The van der Waals surface area contributed by atoms with Crippen LogP contribution in [0.15, 0.2) is 18.2 Å². The molecular formula is C21H25ClFN5O2. The van der Waals surface area contributed by atoms with E-state index >= 15 is 0 Å². The number of fused-ring (bicyclic) bond motifs is 1. The van der Waals surface area contributed by atoms with Gasteiger partial charge in [0.15, 0.2) is 6.35 Å². The Morgan fingerprint density at radius 2 is 2.10 bits per heavy atom. The fraction of sp³-hybridized carbons (Fsp3) is 0.524. The molecule has 5 rings (SSSR count). The number of aliphatic hydroxyl groups excluding tert-OH is 1. The van der Waals surface area contributed by atoms with Crippen LogP contribution < -0.4 is 11.1 Å². The van der Waals surface area contributed by atoms with Crippen LogP contribution in [-0.4, -0.2) is 44.1 Å². The molecule has 0 saturated heterocycles. The van der Waals surface area contributed by atoms with Gasteiger partial charge < -0.3 is 10.8 Å². The van der Waals surface area contributed by atoms with Crippen LogP contribution in [0, 0.1) is 11.2 Å². The van der Waals surface area contributed by atoms with Crippen LogP contribution in [0.2, 0.25) is 5.02 Å². The van der Waals surface area contributed by atoms with Crippen LogP contribution in [0.1, 0.15) is 48.7 Å². The highest BCUT2D eigenvalue weighted by atomic mass is 35.5. The second-order valence-electron chi connectivity index (χ2n) is 9.29. The number of carbonyl (C=O) groups excluding carboxylic acids is 1. The summed E-state index contributed by atoms with van der Waals surface area (Å²) in [7, 11) is 0. The summed E-state index contributed by atoms with van der Waals surface area (Å²) in [6, 6.07) is 4.21. The summed E-state index contributed by atoms with van der Waals surface area (Å²) in [6.45, 7) is 3.56. The smallest absolute Gasteiger partial charge is 0.252 e. The maximum absolute atomic E-state index is 13.6. The maximum atomic E-state index is 13.6. The Hall–Kier alpha value is -2.00. The fourth-order valence-electron chi connectivity index (χ4n) is 5.29. The summed E-state index contributed by atoms with van der Waals surface area (Å²) >= 11 is 5.92. The molecule has 1 aromatic carbocycles. The predicted molar refractivity (Wildman–Crippen MR) is 110 cm³/mol. The number of aliphatic hydroxyl groups is 1. The monoisotopic (exact) mass is 433 g/mol. The van der Waals surface area contributed by atoms with Crippen molar-refractivity contribution in [3.05, 3.63) is 40.3 Å². The number of rotatable bonds is 5. The topological polar surface area (TPSA) is 96.4 Å². The highest BCUT2D eigenvalue weighted by Crippen LogP contribution is 2.64. The Morgan fingerprint density at radius 3 is 2.73 bits per heavy atom. The number of halogens is 2. The van der Waals surface area contributed by atoms with Crippen molar-refractivity contribution in [2.75, 3.05) is 6.54 Å². The lowest BCUT2D eigenvalue weighted by Gasteiger charge is -2.49. The molecule has 3 aliphatic rings. The molecule has 7 nitrogen and oxygen atoms in total. The first-order chi connectivity index (χ1) is 14.2. The van der Waals surface area contributed by atoms with E-state index in [0.29, 0.717) is 42.0 Å². The van der Waals surface area contributed by atoms with Gasteiger partial charge in [0.05, 0.1) is 22.8 Å². The second-order valence-corrected chi connectivity index (χ2v) is 9.70. The van der Waals surface area contributed by atoms with Crippen LogP contribution in [0.25, 0.3) is 11.3 Å². The van der Waals surface area contributed by atoms with Gasteiger partial charge in [0.2, 0.25) is 0 Å². The van der Waals surface area contributed by atoms with Crippen molar-refractivity contribution in [2.45, 2.75) is 57.6 Å². The first-order valence-corrected chi connectivity index (χ1v) is 10.6. The van der Waals surface area contributed by atoms with Crippen molar-refractivity contribution in [3.63, 3.8) is 0 Å². The third-order valence-corrected chi connectivity index (χ3v) is 7.05. The Balaban J connectivity index is 1.39. The van der Waals surface area contributed by atoms with Gasteiger partial charge in [-0.1, -0.05) is 11.6 Å². The second kappa shape index (κ2) is 6.75. The van der Waals surface area contributed by atoms with Gasteiger partial charge in [0.25, 0.3) is 5.91 Å². The molecule has 0 radical (unpaired) electrons. The molecule has 0 bridgehead atoms. The number of nitrogens with one attached hydrogen (secondary N) is 1. The number of aromatic nitrogens is 2. The molecule has 1 unspecified atom stereocenters. The minimum Gasteiger partial charge on any atom is -0.365 e. The van der Waals surface area contributed by atoms with Crippen LogP contribution in [-0.2, 0) is 13.1 Å². The number of amides is 1. The summed E-state index contributed by atoms with van der Waals surface area (Å²) in [5.74, 6) is -1.15. The molecule has 2 aliphatic carbocycles. The third kappa shape index (κ3) is 3.32. The summed E-state index contributed by atoms with van der Waals surface area (Å²) in [5, 5.41) is 18.7. The first-order valence-electron chi connectivity index (χ1n) is 10.2. The van der Waals surface area contributed by atoms with Crippen molar-refractivity contribution in [1.82, 2.24) is 20.0 Å². The number of benzene rings is 1. The summed E-state index contributed by atoms with van der Waals surface area (Å²) in [4.78, 5) is 14.2. The van der Waals surface area contributed by atoms with Gasteiger partial charge in [-0.25, -0.2) is 4.39 Å². The normalized spacial score (nSPS) is 22.4. The molecule has 4 N–H and O–H groups in total. The lowest BCUT2D eigenvalue weighted by atomic mass is 9.66. The van der Waals surface area contributed by atoms with Crippen molar-refractivity contribution < 1.29 is 14.3 Å². The zero-order chi connectivity index (χ0) is 21.3. The molecule has 9 heteroatoms. The fourth-order valence-corrected chi connectivity index (χ4v) is 5.47. The van der Waals surface area contributed by atoms with E-state index < -0.39 is 18.1 Å². The van der Waals surface area contributed by atoms with E-state index in [9.17, 15) is 14.3 Å². The lowest BCUT2D eigenvalue weighted by molar-refractivity contribution is -0.0796. The van der Waals surface area contributed by atoms with Gasteiger partial charge in [-0.3, -0.25) is 19.7 Å². The van der Waals surface area contributed by atoms with E-state index in [-0.39, 0.29) is 16.1 Å². The van der Waals surface area contributed by atoms with E-state index in [1.54, 1.807) is 4.68 Å². The van der Waals surface area contributed by atoms with E-state index in [0.717, 1.165) is 12.8 Å². The number of hydrogen-bond acceptors (Lipinski definition) is 5. The van der Waals surface area contributed by atoms with Crippen molar-refractivity contribution >= 4 is 17.5 Å². The molecule has 2 aromatic rings. The van der Waals surface area contributed by atoms with Crippen LogP contribution in [0.5, 0.6) is 0 Å². The average Bonchev–Trinajstić information content (AvgIpc) is 3.32.